The molecule has 1 aliphatic rings. The van der Waals surface area contributed by atoms with Gasteiger partial charge in [0.15, 0.2) is 0 Å². The van der Waals surface area contributed by atoms with Crippen LogP contribution < -0.4 is 10.6 Å². The van der Waals surface area contributed by atoms with Crippen LogP contribution in [0.25, 0.3) is 10.8 Å². The summed E-state index contributed by atoms with van der Waals surface area (Å²) >= 11 is 0. The Labute approximate surface area is 130 Å². The zero-order valence-electron chi connectivity index (χ0n) is 12.6. The summed E-state index contributed by atoms with van der Waals surface area (Å²) in [5.74, 6) is 0.131. The number of benzene rings is 2. The van der Waals surface area contributed by atoms with Crippen LogP contribution in [0.1, 0.15) is 24.5 Å². The average molecular weight is 298 g/mol. The third-order valence-electron chi connectivity index (χ3n) is 4.34. The molecule has 3 rings (SSSR count). The molecule has 1 aliphatic heterocycles. The van der Waals surface area contributed by atoms with Crippen LogP contribution in [0, 0.1) is 5.92 Å². The number of carbonyl (C=O) groups is 1. The van der Waals surface area contributed by atoms with E-state index >= 15 is 0 Å². The predicted molar refractivity (Wildman–Crippen MR) is 87.5 cm³/mol. The Morgan fingerprint density at radius 3 is 2.68 bits per heavy atom. The molecule has 1 fully saturated rings. The SMILES string of the molecule is O=C(NCC(O)c1ccc2ccccc2c1)C1CCNCC1. The highest BCUT2D eigenvalue weighted by molar-refractivity contribution is 5.83. The molecule has 0 radical (unpaired) electrons. The minimum Gasteiger partial charge on any atom is -0.387 e. The Morgan fingerprint density at radius 2 is 1.91 bits per heavy atom. The van der Waals surface area contributed by atoms with E-state index < -0.39 is 6.10 Å². The number of hydrogen-bond donors (Lipinski definition) is 3. The van der Waals surface area contributed by atoms with Gasteiger partial charge in [-0.15, -0.1) is 0 Å². The van der Waals surface area contributed by atoms with Crippen molar-refractivity contribution < 1.29 is 9.90 Å². The minimum absolute atomic E-state index is 0.0568. The van der Waals surface area contributed by atoms with Crippen LogP contribution in [0.3, 0.4) is 0 Å². The summed E-state index contributed by atoms with van der Waals surface area (Å²) in [6.45, 7) is 2.05. The van der Waals surface area contributed by atoms with Gasteiger partial charge >= 0.3 is 0 Å². The third-order valence-corrected chi connectivity index (χ3v) is 4.34. The van der Waals surface area contributed by atoms with Crippen molar-refractivity contribution in [2.45, 2.75) is 18.9 Å². The number of piperidine rings is 1. The smallest absolute Gasteiger partial charge is 0.223 e. The number of aliphatic hydroxyl groups is 1. The monoisotopic (exact) mass is 298 g/mol. The maximum absolute atomic E-state index is 12.1. The first-order valence-electron chi connectivity index (χ1n) is 7.89. The lowest BCUT2D eigenvalue weighted by Crippen LogP contribution is -2.39. The molecule has 4 nitrogen and oxygen atoms in total. The highest BCUT2D eigenvalue weighted by Gasteiger charge is 2.21. The summed E-state index contributed by atoms with van der Waals surface area (Å²) in [5.41, 5.74) is 0.837. The van der Waals surface area contributed by atoms with E-state index in [1.165, 1.54) is 0 Å². The summed E-state index contributed by atoms with van der Waals surface area (Å²) in [6, 6.07) is 14.0. The molecule has 0 saturated carbocycles. The van der Waals surface area contributed by atoms with Crippen LogP contribution in [-0.4, -0.2) is 30.6 Å². The summed E-state index contributed by atoms with van der Waals surface area (Å²) in [6.07, 6.45) is 1.07. The minimum atomic E-state index is -0.671. The first-order chi connectivity index (χ1) is 10.7. The number of amides is 1. The van der Waals surface area contributed by atoms with Gasteiger partial charge in [-0.3, -0.25) is 4.79 Å². The fourth-order valence-corrected chi connectivity index (χ4v) is 2.96. The molecular weight excluding hydrogens is 276 g/mol. The number of nitrogens with one attached hydrogen (secondary N) is 2. The second kappa shape index (κ2) is 6.90. The van der Waals surface area contributed by atoms with E-state index in [-0.39, 0.29) is 18.4 Å². The topological polar surface area (TPSA) is 61.4 Å². The molecule has 1 amide bonds. The quantitative estimate of drug-likeness (QED) is 0.809. The number of fused-ring (bicyclic) bond motifs is 1. The van der Waals surface area contributed by atoms with Crippen LogP contribution in [0.2, 0.25) is 0 Å². The zero-order valence-corrected chi connectivity index (χ0v) is 12.6. The van der Waals surface area contributed by atoms with Crippen molar-refractivity contribution in [3.8, 4) is 0 Å². The van der Waals surface area contributed by atoms with E-state index in [0.717, 1.165) is 42.3 Å². The second-order valence-corrected chi connectivity index (χ2v) is 5.89. The molecule has 2 aromatic rings. The molecule has 0 aliphatic carbocycles. The summed E-state index contributed by atoms with van der Waals surface area (Å²) < 4.78 is 0. The Bertz CT molecular complexity index is 650. The van der Waals surface area contributed by atoms with Crippen LogP contribution in [0.5, 0.6) is 0 Å². The summed E-state index contributed by atoms with van der Waals surface area (Å²) in [4.78, 5) is 12.1. The summed E-state index contributed by atoms with van der Waals surface area (Å²) in [5, 5.41) is 18.7. The van der Waals surface area contributed by atoms with Crippen molar-refractivity contribution in [2.75, 3.05) is 19.6 Å². The van der Waals surface area contributed by atoms with Crippen molar-refractivity contribution in [1.29, 1.82) is 0 Å². The molecule has 22 heavy (non-hydrogen) atoms. The van der Waals surface area contributed by atoms with E-state index in [2.05, 4.69) is 10.6 Å². The maximum atomic E-state index is 12.1. The number of hydrogen-bond acceptors (Lipinski definition) is 3. The van der Waals surface area contributed by atoms with E-state index in [0.29, 0.717) is 0 Å². The lowest BCUT2D eigenvalue weighted by molar-refractivity contribution is -0.126. The Balaban J connectivity index is 1.60. The fourth-order valence-electron chi connectivity index (χ4n) is 2.96. The number of rotatable bonds is 4. The van der Waals surface area contributed by atoms with E-state index in [1.807, 2.05) is 42.5 Å². The van der Waals surface area contributed by atoms with Gasteiger partial charge in [0.1, 0.15) is 0 Å². The van der Waals surface area contributed by atoms with Gasteiger partial charge in [-0.1, -0.05) is 36.4 Å². The molecule has 1 unspecified atom stereocenters. The molecule has 1 heterocycles. The van der Waals surface area contributed by atoms with Crippen LogP contribution in [0.15, 0.2) is 42.5 Å². The zero-order chi connectivity index (χ0) is 15.4. The van der Waals surface area contributed by atoms with E-state index in [1.54, 1.807) is 0 Å². The molecule has 0 aromatic heterocycles. The van der Waals surface area contributed by atoms with Crippen molar-refractivity contribution >= 4 is 16.7 Å². The Morgan fingerprint density at radius 1 is 1.18 bits per heavy atom. The Kier molecular flexibility index (Phi) is 4.71. The Hall–Kier alpha value is -1.91. The van der Waals surface area contributed by atoms with Gasteiger partial charge in [0.05, 0.1) is 6.10 Å². The molecular formula is C18H22N2O2. The first-order valence-corrected chi connectivity index (χ1v) is 7.89. The van der Waals surface area contributed by atoms with Crippen molar-refractivity contribution in [2.24, 2.45) is 5.92 Å². The van der Waals surface area contributed by atoms with Gasteiger partial charge in [-0.25, -0.2) is 0 Å². The number of aliphatic hydroxyl groups excluding tert-OH is 1. The molecule has 116 valence electrons. The highest BCUT2D eigenvalue weighted by atomic mass is 16.3. The van der Waals surface area contributed by atoms with E-state index in [4.69, 9.17) is 0 Å². The van der Waals surface area contributed by atoms with Crippen LogP contribution in [-0.2, 0) is 4.79 Å². The second-order valence-electron chi connectivity index (χ2n) is 5.89. The molecule has 0 bridgehead atoms. The van der Waals surface area contributed by atoms with Gasteiger partial charge in [-0.2, -0.15) is 0 Å². The highest BCUT2D eigenvalue weighted by Crippen LogP contribution is 2.20. The van der Waals surface area contributed by atoms with Crippen LogP contribution >= 0.6 is 0 Å². The fraction of sp³-hybridized carbons (Fsp3) is 0.389. The lowest BCUT2D eigenvalue weighted by atomic mass is 9.97. The maximum Gasteiger partial charge on any atom is 0.223 e. The molecule has 4 heteroatoms. The van der Waals surface area contributed by atoms with Gasteiger partial charge in [0.25, 0.3) is 0 Å². The molecule has 0 spiro atoms. The van der Waals surface area contributed by atoms with Gasteiger partial charge in [-0.05, 0) is 48.3 Å². The van der Waals surface area contributed by atoms with E-state index in [9.17, 15) is 9.90 Å². The number of carbonyl (C=O) groups excluding carboxylic acids is 1. The van der Waals surface area contributed by atoms with Gasteiger partial charge in [0.2, 0.25) is 5.91 Å². The molecule has 3 N–H and O–H groups in total. The van der Waals surface area contributed by atoms with Crippen molar-refractivity contribution in [1.82, 2.24) is 10.6 Å². The molecule has 1 saturated heterocycles. The van der Waals surface area contributed by atoms with Crippen molar-refractivity contribution in [3.63, 3.8) is 0 Å². The first kappa shape index (κ1) is 15.0. The van der Waals surface area contributed by atoms with Gasteiger partial charge in [0, 0.05) is 12.5 Å². The van der Waals surface area contributed by atoms with Gasteiger partial charge < -0.3 is 15.7 Å². The molecule has 2 aromatic carbocycles. The molecule has 1 atom stereocenters. The third kappa shape index (κ3) is 3.46. The predicted octanol–water partition coefficient (Wildman–Crippen LogP) is 1.99. The normalized spacial score (nSPS) is 17.3. The lowest BCUT2D eigenvalue weighted by Gasteiger charge is -2.22. The summed E-state index contributed by atoms with van der Waals surface area (Å²) in [7, 11) is 0. The largest absolute Gasteiger partial charge is 0.387 e. The van der Waals surface area contributed by atoms with Crippen LogP contribution in [0.4, 0.5) is 0 Å². The average Bonchev–Trinajstić information content (AvgIpc) is 2.59. The van der Waals surface area contributed by atoms with Crippen molar-refractivity contribution in [3.05, 3.63) is 48.0 Å². The standard InChI is InChI=1S/C18H22N2O2/c21-17(12-20-18(22)14-7-9-19-10-8-14)16-6-5-13-3-1-2-4-15(13)11-16/h1-6,11,14,17,19,21H,7-10,12H2,(H,20,22).